The summed E-state index contributed by atoms with van der Waals surface area (Å²) in [5.41, 5.74) is 5.18. The highest BCUT2D eigenvalue weighted by Crippen LogP contribution is 2.07. The standard InChI is InChI=1S/C15H14N2O3S/c18-12(11-5-2-1-3-6-11)8-9-14(19)16-17-15(20)13-7-4-10-21-13/h1-7,10H,8-9H2,(H,16,19)(H,17,20). The SMILES string of the molecule is O=C(CCC(=O)c1ccccc1)NNC(=O)c1cccs1. The van der Waals surface area contributed by atoms with Crippen molar-refractivity contribution in [2.75, 3.05) is 0 Å². The van der Waals surface area contributed by atoms with Gasteiger partial charge in [0.1, 0.15) is 0 Å². The molecule has 0 aliphatic rings. The van der Waals surface area contributed by atoms with Gasteiger partial charge in [-0.15, -0.1) is 11.3 Å². The van der Waals surface area contributed by atoms with Crippen molar-refractivity contribution in [3.05, 3.63) is 58.3 Å². The van der Waals surface area contributed by atoms with Gasteiger partial charge in [0.15, 0.2) is 5.78 Å². The summed E-state index contributed by atoms with van der Waals surface area (Å²) in [4.78, 5) is 35.5. The highest BCUT2D eigenvalue weighted by molar-refractivity contribution is 7.12. The Morgan fingerprint density at radius 3 is 2.33 bits per heavy atom. The van der Waals surface area contributed by atoms with Crippen LogP contribution in [0.15, 0.2) is 47.8 Å². The van der Waals surface area contributed by atoms with E-state index in [4.69, 9.17) is 0 Å². The first kappa shape index (κ1) is 14.9. The van der Waals surface area contributed by atoms with Crippen molar-refractivity contribution in [1.29, 1.82) is 0 Å². The van der Waals surface area contributed by atoms with E-state index in [0.717, 1.165) is 0 Å². The highest BCUT2D eigenvalue weighted by Gasteiger charge is 2.10. The van der Waals surface area contributed by atoms with Gasteiger partial charge in [-0.1, -0.05) is 36.4 Å². The van der Waals surface area contributed by atoms with Gasteiger partial charge in [0.2, 0.25) is 5.91 Å². The van der Waals surface area contributed by atoms with Crippen molar-refractivity contribution in [3.63, 3.8) is 0 Å². The van der Waals surface area contributed by atoms with Crippen LogP contribution >= 0.6 is 11.3 Å². The molecule has 2 rings (SSSR count). The van der Waals surface area contributed by atoms with Crippen molar-refractivity contribution in [2.24, 2.45) is 0 Å². The minimum Gasteiger partial charge on any atom is -0.294 e. The van der Waals surface area contributed by atoms with E-state index >= 15 is 0 Å². The minimum absolute atomic E-state index is 0.0262. The lowest BCUT2D eigenvalue weighted by Gasteiger charge is -2.06. The molecule has 0 aliphatic heterocycles. The summed E-state index contributed by atoms with van der Waals surface area (Å²) in [5.74, 6) is -0.868. The number of ketones is 1. The molecule has 2 aromatic rings. The van der Waals surface area contributed by atoms with Crippen LogP contribution in [-0.4, -0.2) is 17.6 Å². The predicted octanol–water partition coefficient (Wildman–Crippen LogP) is 2.17. The zero-order valence-electron chi connectivity index (χ0n) is 11.2. The van der Waals surface area contributed by atoms with E-state index in [1.807, 2.05) is 6.07 Å². The van der Waals surface area contributed by atoms with Crippen molar-refractivity contribution < 1.29 is 14.4 Å². The van der Waals surface area contributed by atoms with Crippen LogP contribution in [0, 0.1) is 0 Å². The van der Waals surface area contributed by atoms with Crippen LogP contribution in [0.1, 0.15) is 32.9 Å². The molecule has 1 aromatic heterocycles. The molecule has 108 valence electrons. The number of Topliss-reactive ketones (excluding diaryl/α,β-unsaturated/α-hetero) is 1. The lowest BCUT2D eigenvalue weighted by molar-refractivity contribution is -0.121. The Morgan fingerprint density at radius 2 is 1.67 bits per heavy atom. The Bertz CT molecular complexity index is 624. The smallest absolute Gasteiger partial charge is 0.279 e. The fourth-order valence-corrected chi connectivity index (χ4v) is 2.27. The van der Waals surface area contributed by atoms with Crippen LogP contribution in [0.5, 0.6) is 0 Å². The maximum atomic E-state index is 11.8. The minimum atomic E-state index is -0.399. The number of nitrogens with one attached hydrogen (secondary N) is 2. The molecule has 6 heteroatoms. The van der Waals surface area contributed by atoms with Gasteiger partial charge in [0, 0.05) is 18.4 Å². The first-order chi connectivity index (χ1) is 10.2. The number of thiophene rings is 1. The molecule has 0 saturated heterocycles. The second-order valence-electron chi connectivity index (χ2n) is 4.27. The summed E-state index contributed by atoms with van der Waals surface area (Å²) in [6.07, 6.45) is 0.128. The van der Waals surface area contributed by atoms with Gasteiger partial charge in [0.25, 0.3) is 5.91 Å². The molecule has 1 heterocycles. The Kier molecular flexibility index (Phi) is 5.22. The molecule has 0 unspecified atom stereocenters. The molecule has 1 aromatic carbocycles. The molecular weight excluding hydrogens is 288 g/mol. The van der Waals surface area contributed by atoms with Crippen molar-refractivity contribution in [3.8, 4) is 0 Å². The van der Waals surface area contributed by atoms with E-state index < -0.39 is 5.91 Å². The third kappa shape index (κ3) is 4.54. The molecule has 0 saturated carbocycles. The lowest BCUT2D eigenvalue weighted by Crippen LogP contribution is -2.41. The van der Waals surface area contributed by atoms with Gasteiger partial charge >= 0.3 is 0 Å². The monoisotopic (exact) mass is 302 g/mol. The number of carbonyl (C=O) groups excluding carboxylic acids is 3. The van der Waals surface area contributed by atoms with Gasteiger partial charge in [-0.25, -0.2) is 0 Å². The highest BCUT2D eigenvalue weighted by atomic mass is 32.1. The molecule has 0 spiro atoms. The topological polar surface area (TPSA) is 75.3 Å². The van der Waals surface area contributed by atoms with E-state index in [1.165, 1.54) is 11.3 Å². The Hall–Kier alpha value is -2.47. The summed E-state index contributed by atoms with van der Waals surface area (Å²) in [6.45, 7) is 0. The van der Waals surface area contributed by atoms with E-state index in [0.29, 0.717) is 10.4 Å². The van der Waals surface area contributed by atoms with Gasteiger partial charge < -0.3 is 0 Å². The van der Waals surface area contributed by atoms with Crippen LogP contribution in [0.25, 0.3) is 0 Å². The van der Waals surface area contributed by atoms with Crippen molar-refractivity contribution in [1.82, 2.24) is 10.9 Å². The lowest BCUT2D eigenvalue weighted by atomic mass is 10.1. The van der Waals surface area contributed by atoms with Crippen LogP contribution in [0.2, 0.25) is 0 Å². The normalized spacial score (nSPS) is 9.90. The van der Waals surface area contributed by atoms with Gasteiger partial charge in [-0.3, -0.25) is 25.2 Å². The second kappa shape index (κ2) is 7.35. The van der Waals surface area contributed by atoms with Crippen LogP contribution in [0.4, 0.5) is 0 Å². The van der Waals surface area contributed by atoms with Crippen molar-refractivity contribution in [2.45, 2.75) is 12.8 Å². The fraction of sp³-hybridized carbons (Fsp3) is 0.133. The number of rotatable bonds is 5. The van der Waals surface area contributed by atoms with Crippen molar-refractivity contribution >= 4 is 28.9 Å². The molecule has 0 fully saturated rings. The van der Waals surface area contributed by atoms with Gasteiger partial charge in [0.05, 0.1) is 4.88 Å². The third-order valence-electron chi connectivity index (χ3n) is 2.74. The fourth-order valence-electron chi connectivity index (χ4n) is 1.65. The maximum absolute atomic E-state index is 11.8. The number of hydrogen-bond donors (Lipinski definition) is 2. The zero-order valence-corrected chi connectivity index (χ0v) is 12.0. The Balaban J connectivity index is 1.73. The number of benzene rings is 1. The summed E-state index contributed by atoms with van der Waals surface area (Å²) in [5, 5.41) is 1.77. The molecule has 0 atom stereocenters. The van der Waals surface area contributed by atoms with E-state index in [-0.39, 0.29) is 24.5 Å². The van der Waals surface area contributed by atoms with Gasteiger partial charge in [-0.05, 0) is 11.4 Å². The van der Waals surface area contributed by atoms with Gasteiger partial charge in [-0.2, -0.15) is 0 Å². The van der Waals surface area contributed by atoms with E-state index in [9.17, 15) is 14.4 Å². The molecule has 0 radical (unpaired) electrons. The largest absolute Gasteiger partial charge is 0.294 e. The summed E-state index contributed by atoms with van der Waals surface area (Å²) < 4.78 is 0. The number of amides is 2. The summed E-state index contributed by atoms with van der Waals surface area (Å²) in [6, 6.07) is 12.2. The molecule has 21 heavy (non-hydrogen) atoms. The number of hydrazine groups is 1. The Labute approximate surface area is 126 Å². The summed E-state index contributed by atoms with van der Waals surface area (Å²) in [7, 11) is 0. The first-order valence-electron chi connectivity index (χ1n) is 6.38. The molecule has 2 N–H and O–H groups in total. The predicted molar refractivity (Wildman–Crippen MR) is 79.9 cm³/mol. The molecular formula is C15H14N2O3S. The Morgan fingerprint density at radius 1 is 0.905 bits per heavy atom. The average molecular weight is 302 g/mol. The van der Waals surface area contributed by atoms with E-state index in [2.05, 4.69) is 10.9 Å². The molecule has 0 bridgehead atoms. The van der Waals surface area contributed by atoms with Crippen LogP contribution in [-0.2, 0) is 4.79 Å². The average Bonchev–Trinajstić information content (AvgIpc) is 3.05. The second-order valence-corrected chi connectivity index (χ2v) is 5.22. The van der Waals surface area contributed by atoms with Crippen LogP contribution in [0.3, 0.4) is 0 Å². The number of hydrogen-bond acceptors (Lipinski definition) is 4. The zero-order chi connectivity index (χ0) is 15.1. The quantitative estimate of drug-likeness (QED) is 0.656. The third-order valence-corrected chi connectivity index (χ3v) is 3.60. The summed E-state index contributed by atoms with van der Waals surface area (Å²) >= 11 is 1.28. The molecule has 2 amide bonds. The molecule has 5 nitrogen and oxygen atoms in total. The van der Waals surface area contributed by atoms with E-state index in [1.54, 1.807) is 41.8 Å². The van der Waals surface area contributed by atoms with Crippen LogP contribution < -0.4 is 10.9 Å². The molecule has 0 aliphatic carbocycles. The first-order valence-corrected chi connectivity index (χ1v) is 7.25. The number of carbonyl (C=O) groups is 3. The maximum Gasteiger partial charge on any atom is 0.279 e.